The van der Waals surface area contributed by atoms with E-state index in [1.807, 2.05) is 31.3 Å². The summed E-state index contributed by atoms with van der Waals surface area (Å²) in [6, 6.07) is 7.81. The van der Waals surface area contributed by atoms with E-state index in [1.165, 1.54) is 38.5 Å². The van der Waals surface area contributed by atoms with Crippen molar-refractivity contribution < 1.29 is 4.79 Å². The Hall–Kier alpha value is -2.04. The molecular formula is C23H34N4O. The number of hydrogen-bond donors (Lipinski definition) is 2. The number of guanidine groups is 1. The molecular weight excluding hydrogens is 348 g/mol. The fourth-order valence-electron chi connectivity index (χ4n) is 6.21. The quantitative estimate of drug-likeness (QED) is 0.607. The number of amides is 1. The molecule has 0 spiro atoms. The molecule has 0 saturated heterocycles. The summed E-state index contributed by atoms with van der Waals surface area (Å²) in [7, 11) is 5.39. The maximum absolute atomic E-state index is 12.0. The van der Waals surface area contributed by atoms with Crippen LogP contribution in [-0.2, 0) is 6.54 Å². The molecule has 4 bridgehead atoms. The van der Waals surface area contributed by atoms with Crippen LogP contribution in [0.3, 0.4) is 0 Å². The Bertz CT molecular complexity index is 702. The van der Waals surface area contributed by atoms with E-state index < -0.39 is 0 Å². The van der Waals surface area contributed by atoms with E-state index in [0.717, 1.165) is 41.4 Å². The molecule has 0 heterocycles. The monoisotopic (exact) mass is 382 g/mol. The molecule has 2 N–H and O–H groups in total. The summed E-state index contributed by atoms with van der Waals surface area (Å²) in [5.74, 6) is 3.85. The third-order valence-corrected chi connectivity index (χ3v) is 7.09. The second kappa shape index (κ2) is 7.76. The molecule has 4 fully saturated rings. The molecule has 1 aromatic rings. The second-order valence-corrected chi connectivity index (χ2v) is 9.59. The average molecular weight is 383 g/mol. The number of aliphatic imine (C=N–C) groups is 1. The first-order valence-corrected chi connectivity index (χ1v) is 10.7. The van der Waals surface area contributed by atoms with Crippen LogP contribution in [0.4, 0.5) is 0 Å². The van der Waals surface area contributed by atoms with E-state index in [1.54, 1.807) is 19.0 Å². The normalized spacial score (nSPS) is 31.0. The molecule has 0 aromatic heterocycles. The Morgan fingerprint density at radius 2 is 1.61 bits per heavy atom. The highest BCUT2D eigenvalue weighted by Gasteiger charge is 2.50. The van der Waals surface area contributed by atoms with Crippen molar-refractivity contribution in [3.05, 3.63) is 35.4 Å². The lowest BCUT2D eigenvalue weighted by molar-refractivity contribution is -0.0492. The van der Waals surface area contributed by atoms with Gasteiger partial charge in [-0.05, 0) is 79.4 Å². The molecule has 0 aliphatic heterocycles. The topological polar surface area (TPSA) is 56.7 Å². The van der Waals surface area contributed by atoms with Crippen LogP contribution in [0.5, 0.6) is 0 Å². The van der Waals surface area contributed by atoms with Crippen molar-refractivity contribution in [3.63, 3.8) is 0 Å². The number of hydrogen-bond acceptors (Lipinski definition) is 2. The summed E-state index contributed by atoms with van der Waals surface area (Å²) in [5.41, 5.74) is 2.37. The van der Waals surface area contributed by atoms with Crippen LogP contribution in [0.2, 0.25) is 0 Å². The summed E-state index contributed by atoms with van der Waals surface area (Å²) < 4.78 is 0. The predicted octanol–water partition coefficient (Wildman–Crippen LogP) is 3.27. The molecule has 0 unspecified atom stereocenters. The Morgan fingerprint density at radius 1 is 1.04 bits per heavy atom. The van der Waals surface area contributed by atoms with Crippen molar-refractivity contribution in [1.29, 1.82) is 0 Å². The Balaban J connectivity index is 1.29. The zero-order chi connectivity index (χ0) is 19.7. The minimum atomic E-state index is 0.0348. The Labute approximate surface area is 169 Å². The largest absolute Gasteiger partial charge is 0.356 e. The summed E-state index contributed by atoms with van der Waals surface area (Å²) >= 11 is 0. The molecule has 5 rings (SSSR count). The van der Waals surface area contributed by atoms with Gasteiger partial charge in [0.2, 0.25) is 0 Å². The molecule has 0 radical (unpaired) electrons. The van der Waals surface area contributed by atoms with Crippen LogP contribution in [0.15, 0.2) is 29.3 Å². The molecule has 4 aliphatic rings. The van der Waals surface area contributed by atoms with Crippen LogP contribution in [0.1, 0.15) is 54.4 Å². The second-order valence-electron chi connectivity index (χ2n) is 9.59. The maximum atomic E-state index is 12.0. The number of rotatable bonds is 5. The summed E-state index contributed by atoms with van der Waals surface area (Å²) in [5, 5.41) is 7.05. The van der Waals surface area contributed by atoms with Crippen LogP contribution in [0.25, 0.3) is 0 Å². The van der Waals surface area contributed by atoms with Gasteiger partial charge < -0.3 is 15.5 Å². The van der Waals surface area contributed by atoms with Gasteiger partial charge in [0.15, 0.2) is 5.96 Å². The number of nitrogens with zero attached hydrogens (tertiary/aromatic N) is 2. The van der Waals surface area contributed by atoms with Crippen LogP contribution in [0, 0.1) is 23.2 Å². The molecule has 0 atom stereocenters. The number of carbonyl (C=O) groups is 1. The molecule has 1 amide bonds. The first-order valence-electron chi connectivity index (χ1n) is 10.7. The number of benzene rings is 1. The predicted molar refractivity (Wildman–Crippen MR) is 113 cm³/mol. The lowest BCUT2D eigenvalue weighted by atomic mass is 9.49. The van der Waals surface area contributed by atoms with Gasteiger partial charge in [-0.3, -0.25) is 9.79 Å². The van der Waals surface area contributed by atoms with Gasteiger partial charge in [0.1, 0.15) is 0 Å². The maximum Gasteiger partial charge on any atom is 0.253 e. The highest BCUT2D eigenvalue weighted by molar-refractivity contribution is 5.93. The molecule has 4 saturated carbocycles. The fourth-order valence-corrected chi connectivity index (χ4v) is 6.21. The van der Waals surface area contributed by atoms with Crippen molar-refractivity contribution in [1.82, 2.24) is 15.5 Å². The fraction of sp³-hybridized carbons (Fsp3) is 0.652. The summed E-state index contributed by atoms with van der Waals surface area (Å²) in [6.07, 6.45) is 8.68. The third kappa shape index (κ3) is 4.03. The van der Waals surface area contributed by atoms with Crippen molar-refractivity contribution in [2.45, 2.75) is 45.1 Å². The van der Waals surface area contributed by atoms with E-state index in [-0.39, 0.29) is 5.91 Å². The van der Waals surface area contributed by atoms with E-state index in [2.05, 4.69) is 15.6 Å². The van der Waals surface area contributed by atoms with Crippen LogP contribution >= 0.6 is 0 Å². The van der Waals surface area contributed by atoms with Gasteiger partial charge in [-0.15, -0.1) is 0 Å². The standard InChI is InChI=1S/C23H34N4O/c1-24-22(25-14-16-4-6-20(7-5-16)21(28)27(2)3)26-15-23-11-17-8-18(12-23)10-19(9-17)13-23/h4-7,17-19H,8-15H2,1-3H3,(H2,24,25,26). The highest BCUT2D eigenvalue weighted by Crippen LogP contribution is 2.59. The number of nitrogens with one attached hydrogen (secondary N) is 2. The van der Waals surface area contributed by atoms with E-state index in [4.69, 9.17) is 0 Å². The first-order chi connectivity index (χ1) is 13.5. The minimum absolute atomic E-state index is 0.0348. The first kappa shape index (κ1) is 19.3. The van der Waals surface area contributed by atoms with Gasteiger partial charge in [-0.2, -0.15) is 0 Å². The zero-order valence-electron chi connectivity index (χ0n) is 17.5. The number of carbonyl (C=O) groups excluding carboxylic acids is 1. The van der Waals surface area contributed by atoms with Crippen molar-refractivity contribution in [3.8, 4) is 0 Å². The van der Waals surface area contributed by atoms with Gasteiger partial charge >= 0.3 is 0 Å². The SMILES string of the molecule is CN=C(NCc1ccc(C(=O)N(C)C)cc1)NCC12CC3CC(CC(C3)C1)C2. The summed E-state index contributed by atoms with van der Waals surface area (Å²) in [4.78, 5) is 18.0. The van der Waals surface area contributed by atoms with Gasteiger partial charge in [0, 0.05) is 39.8 Å². The van der Waals surface area contributed by atoms with Gasteiger partial charge in [0.25, 0.3) is 5.91 Å². The zero-order valence-corrected chi connectivity index (χ0v) is 17.5. The average Bonchev–Trinajstić information content (AvgIpc) is 2.67. The minimum Gasteiger partial charge on any atom is -0.356 e. The van der Waals surface area contributed by atoms with Crippen LogP contribution < -0.4 is 10.6 Å². The van der Waals surface area contributed by atoms with Crippen molar-refractivity contribution >= 4 is 11.9 Å². The Kier molecular flexibility index (Phi) is 5.35. The lowest BCUT2D eigenvalue weighted by Crippen LogP contribution is -2.52. The molecule has 5 nitrogen and oxygen atoms in total. The van der Waals surface area contributed by atoms with Gasteiger partial charge in [0.05, 0.1) is 0 Å². The van der Waals surface area contributed by atoms with Crippen LogP contribution in [-0.4, -0.2) is 44.5 Å². The molecule has 4 aliphatic carbocycles. The van der Waals surface area contributed by atoms with E-state index in [0.29, 0.717) is 12.0 Å². The lowest BCUT2D eigenvalue weighted by Gasteiger charge is -2.57. The van der Waals surface area contributed by atoms with Crippen molar-refractivity contribution in [2.75, 3.05) is 27.7 Å². The molecule has 28 heavy (non-hydrogen) atoms. The molecule has 152 valence electrons. The Morgan fingerprint density at radius 3 is 2.11 bits per heavy atom. The van der Waals surface area contributed by atoms with Crippen molar-refractivity contribution in [2.24, 2.45) is 28.2 Å². The van der Waals surface area contributed by atoms with E-state index >= 15 is 0 Å². The highest BCUT2D eigenvalue weighted by atomic mass is 16.2. The van der Waals surface area contributed by atoms with Gasteiger partial charge in [-0.1, -0.05) is 12.1 Å². The molecule has 1 aromatic carbocycles. The summed E-state index contributed by atoms with van der Waals surface area (Å²) in [6.45, 7) is 1.75. The van der Waals surface area contributed by atoms with Gasteiger partial charge in [-0.25, -0.2) is 0 Å². The smallest absolute Gasteiger partial charge is 0.253 e. The third-order valence-electron chi connectivity index (χ3n) is 7.09. The molecule has 5 heteroatoms. The van der Waals surface area contributed by atoms with E-state index in [9.17, 15) is 4.79 Å².